The topological polar surface area (TPSA) is 46.5 Å². The van der Waals surface area contributed by atoms with Crippen molar-refractivity contribution in [2.75, 3.05) is 38.2 Å². The number of methoxy groups -OCH3 is 1. The number of rotatable bonds is 2. The molecule has 2 heterocycles. The molecule has 21 heavy (non-hydrogen) atoms. The van der Waals surface area contributed by atoms with Crippen molar-refractivity contribution in [2.24, 2.45) is 7.05 Å². The molecule has 0 amide bonds. The second-order valence-corrected chi connectivity index (χ2v) is 5.20. The SMILES string of the molecule is COC(=O)c1cn(C)c2cc(N3CCNCC3)c(F)cc12. The Labute approximate surface area is 122 Å². The van der Waals surface area contributed by atoms with E-state index >= 15 is 0 Å². The van der Waals surface area contributed by atoms with Crippen molar-refractivity contribution in [3.8, 4) is 0 Å². The Morgan fingerprint density at radius 1 is 1.33 bits per heavy atom. The molecule has 3 rings (SSSR count). The number of hydrogen-bond donors (Lipinski definition) is 1. The van der Waals surface area contributed by atoms with Crippen molar-refractivity contribution in [1.29, 1.82) is 0 Å². The minimum absolute atomic E-state index is 0.305. The summed E-state index contributed by atoms with van der Waals surface area (Å²) in [5.74, 6) is -0.754. The van der Waals surface area contributed by atoms with Crippen LogP contribution in [0.3, 0.4) is 0 Å². The van der Waals surface area contributed by atoms with Crippen LogP contribution in [0.4, 0.5) is 10.1 Å². The number of carbonyl (C=O) groups is 1. The Balaban J connectivity index is 2.11. The van der Waals surface area contributed by atoms with Gasteiger partial charge >= 0.3 is 5.97 Å². The van der Waals surface area contributed by atoms with Crippen LogP contribution in [0.25, 0.3) is 10.9 Å². The van der Waals surface area contributed by atoms with Crippen molar-refractivity contribution in [3.05, 3.63) is 29.7 Å². The molecule has 6 heteroatoms. The Bertz CT molecular complexity index is 690. The molecule has 1 aliphatic heterocycles. The summed E-state index contributed by atoms with van der Waals surface area (Å²) in [6.45, 7) is 3.24. The van der Waals surface area contributed by atoms with Crippen LogP contribution >= 0.6 is 0 Å². The van der Waals surface area contributed by atoms with E-state index in [1.165, 1.54) is 13.2 Å². The van der Waals surface area contributed by atoms with E-state index in [4.69, 9.17) is 4.74 Å². The Morgan fingerprint density at radius 2 is 2.05 bits per heavy atom. The van der Waals surface area contributed by atoms with Crippen molar-refractivity contribution in [2.45, 2.75) is 0 Å². The summed E-state index contributed by atoms with van der Waals surface area (Å²) in [5.41, 5.74) is 1.80. The van der Waals surface area contributed by atoms with Gasteiger partial charge in [-0.2, -0.15) is 0 Å². The van der Waals surface area contributed by atoms with Gasteiger partial charge in [-0.05, 0) is 12.1 Å². The number of anilines is 1. The molecule has 0 spiro atoms. The van der Waals surface area contributed by atoms with E-state index in [1.807, 2.05) is 22.6 Å². The molecule has 0 atom stereocenters. The number of piperazine rings is 1. The number of halogens is 1. The van der Waals surface area contributed by atoms with Gasteiger partial charge < -0.3 is 19.5 Å². The van der Waals surface area contributed by atoms with Gasteiger partial charge in [-0.15, -0.1) is 0 Å². The average Bonchev–Trinajstić information content (AvgIpc) is 2.83. The van der Waals surface area contributed by atoms with E-state index < -0.39 is 5.97 Å². The molecule has 1 saturated heterocycles. The number of esters is 1. The van der Waals surface area contributed by atoms with Gasteiger partial charge in [0.25, 0.3) is 0 Å². The third kappa shape index (κ3) is 2.35. The first kappa shape index (κ1) is 13.9. The van der Waals surface area contributed by atoms with Crippen molar-refractivity contribution in [3.63, 3.8) is 0 Å². The van der Waals surface area contributed by atoms with Crippen LogP contribution < -0.4 is 10.2 Å². The quantitative estimate of drug-likeness (QED) is 0.852. The van der Waals surface area contributed by atoms with Crippen LogP contribution in [-0.2, 0) is 11.8 Å². The van der Waals surface area contributed by atoms with E-state index in [-0.39, 0.29) is 5.82 Å². The molecule has 1 aromatic carbocycles. The summed E-state index contributed by atoms with van der Waals surface area (Å²) in [6.07, 6.45) is 1.68. The van der Waals surface area contributed by atoms with Gasteiger partial charge in [-0.25, -0.2) is 9.18 Å². The zero-order chi connectivity index (χ0) is 15.0. The number of aryl methyl sites for hydroxylation is 1. The van der Waals surface area contributed by atoms with E-state index in [0.29, 0.717) is 16.6 Å². The van der Waals surface area contributed by atoms with Crippen LogP contribution in [0.2, 0.25) is 0 Å². The van der Waals surface area contributed by atoms with Crippen molar-refractivity contribution in [1.82, 2.24) is 9.88 Å². The van der Waals surface area contributed by atoms with E-state index in [9.17, 15) is 9.18 Å². The van der Waals surface area contributed by atoms with Gasteiger partial charge in [0, 0.05) is 44.8 Å². The lowest BCUT2D eigenvalue weighted by Crippen LogP contribution is -2.43. The second-order valence-electron chi connectivity index (χ2n) is 5.20. The molecule has 1 aromatic heterocycles. The summed E-state index contributed by atoms with van der Waals surface area (Å²) >= 11 is 0. The summed E-state index contributed by atoms with van der Waals surface area (Å²) in [5, 5.41) is 3.83. The molecule has 112 valence electrons. The number of aromatic nitrogens is 1. The molecule has 0 unspecified atom stereocenters. The molecule has 5 nitrogen and oxygen atoms in total. The molecule has 1 aliphatic rings. The van der Waals surface area contributed by atoms with E-state index in [0.717, 1.165) is 31.7 Å². The zero-order valence-electron chi connectivity index (χ0n) is 12.1. The summed E-state index contributed by atoms with van der Waals surface area (Å²) < 4.78 is 21.0. The molecule has 1 N–H and O–H groups in total. The van der Waals surface area contributed by atoms with Gasteiger partial charge in [0.1, 0.15) is 5.82 Å². The highest BCUT2D eigenvalue weighted by Gasteiger charge is 2.20. The number of fused-ring (bicyclic) bond motifs is 1. The summed E-state index contributed by atoms with van der Waals surface area (Å²) in [6, 6.07) is 3.24. The Morgan fingerprint density at radius 3 is 2.71 bits per heavy atom. The van der Waals surface area contributed by atoms with Crippen molar-refractivity contribution < 1.29 is 13.9 Å². The Kier molecular flexibility index (Phi) is 3.55. The molecule has 1 fully saturated rings. The lowest BCUT2D eigenvalue weighted by atomic mass is 10.1. The van der Waals surface area contributed by atoms with Gasteiger partial charge in [0.2, 0.25) is 0 Å². The van der Waals surface area contributed by atoms with Crippen molar-refractivity contribution >= 4 is 22.6 Å². The predicted molar refractivity (Wildman–Crippen MR) is 79.3 cm³/mol. The molecule has 2 aromatic rings. The first-order valence-corrected chi connectivity index (χ1v) is 6.94. The molecule has 0 saturated carbocycles. The van der Waals surface area contributed by atoms with Crippen LogP contribution in [0.15, 0.2) is 18.3 Å². The minimum atomic E-state index is -0.449. The minimum Gasteiger partial charge on any atom is -0.465 e. The van der Waals surface area contributed by atoms with Gasteiger partial charge in [0.05, 0.1) is 23.9 Å². The molecular formula is C15H18FN3O2. The Hall–Kier alpha value is -2.08. The maximum absolute atomic E-state index is 14.4. The van der Waals surface area contributed by atoms with Crippen LogP contribution in [0, 0.1) is 5.82 Å². The highest BCUT2D eigenvalue weighted by Crippen LogP contribution is 2.29. The van der Waals surface area contributed by atoms with Crippen LogP contribution in [-0.4, -0.2) is 43.8 Å². The van der Waals surface area contributed by atoms with Crippen LogP contribution in [0.1, 0.15) is 10.4 Å². The van der Waals surface area contributed by atoms with Crippen LogP contribution in [0.5, 0.6) is 0 Å². The summed E-state index contributed by atoms with van der Waals surface area (Å²) in [4.78, 5) is 13.8. The third-order valence-corrected chi connectivity index (χ3v) is 3.92. The zero-order valence-corrected chi connectivity index (χ0v) is 12.1. The third-order valence-electron chi connectivity index (χ3n) is 3.92. The lowest BCUT2D eigenvalue weighted by molar-refractivity contribution is 0.0603. The monoisotopic (exact) mass is 291 g/mol. The number of carbonyl (C=O) groups excluding carboxylic acids is 1. The second kappa shape index (κ2) is 5.37. The maximum atomic E-state index is 14.4. The largest absolute Gasteiger partial charge is 0.465 e. The highest BCUT2D eigenvalue weighted by molar-refractivity contribution is 6.05. The highest BCUT2D eigenvalue weighted by atomic mass is 19.1. The number of benzene rings is 1. The normalized spacial score (nSPS) is 15.5. The predicted octanol–water partition coefficient (Wildman–Crippen LogP) is 1.51. The number of ether oxygens (including phenoxy) is 1. The maximum Gasteiger partial charge on any atom is 0.340 e. The molecule has 0 aliphatic carbocycles. The van der Waals surface area contributed by atoms with E-state index in [1.54, 1.807) is 6.20 Å². The molecule has 0 radical (unpaired) electrons. The lowest BCUT2D eigenvalue weighted by Gasteiger charge is -2.29. The number of nitrogens with one attached hydrogen (secondary N) is 1. The molecule has 0 bridgehead atoms. The van der Waals surface area contributed by atoms with Gasteiger partial charge in [0.15, 0.2) is 0 Å². The fourth-order valence-corrected chi connectivity index (χ4v) is 2.81. The van der Waals surface area contributed by atoms with Gasteiger partial charge in [-0.3, -0.25) is 0 Å². The first-order chi connectivity index (χ1) is 10.1. The van der Waals surface area contributed by atoms with Gasteiger partial charge in [-0.1, -0.05) is 0 Å². The number of hydrogen-bond acceptors (Lipinski definition) is 4. The fourth-order valence-electron chi connectivity index (χ4n) is 2.81. The fraction of sp³-hybridized carbons (Fsp3) is 0.400. The first-order valence-electron chi connectivity index (χ1n) is 6.94. The average molecular weight is 291 g/mol. The number of nitrogens with zero attached hydrogens (tertiary/aromatic N) is 2. The summed E-state index contributed by atoms with van der Waals surface area (Å²) in [7, 11) is 3.17. The smallest absolute Gasteiger partial charge is 0.340 e. The molecular weight excluding hydrogens is 273 g/mol. The standard InChI is InChI=1S/C15H18FN3O2/c1-18-9-11(15(20)21-2)10-7-12(16)14(8-13(10)18)19-5-3-17-4-6-19/h7-9,17H,3-6H2,1-2H3. The van der Waals surface area contributed by atoms with E-state index in [2.05, 4.69) is 5.32 Å².